The van der Waals surface area contributed by atoms with Crippen molar-refractivity contribution >= 4 is 5.84 Å². The van der Waals surface area contributed by atoms with E-state index in [1.54, 1.807) is 0 Å². The Hall–Kier alpha value is -1.69. The van der Waals surface area contributed by atoms with E-state index >= 15 is 0 Å². The molecule has 1 rings (SSSR count). The lowest BCUT2D eigenvalue weighted by Gasteiger charge is -2.22. The van der Waals surface area contributed by atoms with Crippen LogP contribution in [0.15, 0.2) is 23.4 Å². The molecule has 1 aromatic rings. The van der Waals surface area contributed by atoms with E-state index in [4.69, 9.17) is 10.9 Å². The second-order valence-electron chi connectivity index (χ2n) is 5.03. The van der Waals surface area contributed by atoms with Gasteiger partial charge in [-0.2, -0.15) is 0 Å². The average molecular weight is 271 g/mol. The van der Waals surface area contributed by atoms with E-state index in [1.807, 2.05) is 13.8 Å². The molecule has 1 aromatic carbocycles. The summed E-state index contributed by atoms with van der Waals surface area (Å²) in [6.07, 6.45) is 0.611. The van der Waals surface area contributed by atoms with Gasteiger partial charge in [-0.1, -0.05) is 19.0 Å². The first-order valence-corrected chi connectivity index (χ1v) is 5.99. The molecule has 0 amide bonds. The molecule has 0 saturated carbocycles. The highest BCUT2D eigenvalue weighted by molar-refractivity contribution is 5.85. The summed E-state index contributed by atoms with van der Waals surface area (Å²) >= 11 is 0. The van der Waals surface area contributed by atoms with Gasteiger partial charge in [-0.05, 0) is 31.2 Å². The van der Waals surface area contributed by atoms with Crippen LogP contribution in [0.1, 0.15) is 25.8 Å². The molecule has 106 valence electrons. The molecule has 0 spiro atoms. The Kier molecular flexibility index (Phi) is 5.23. The normalized spacial score (nSPS) is 12.7. The molecule has 0 fully saturated rings. The first kappa shape index (κ1) is 15.4. The smallest absolute Gasteiger partial charge is 0.144 e. The fourth-order valence-electron chi connectivity index (χ4n) is 1.57. The summed E-state index contributed by atoms with van der Waals surface area (Å²) in [6.45, 7) is 4.45. The van der Waals surface area contributed by atoms with E-state index in [1.165, 1.54) is 0 Å². The molecule has 6 heteroatoms. The van der Waals surface area contributed by atoms with Crippen molar-refractivity contribution in [2.45, 2.75) is 26.8 Å². The predicted octanol–water partition coefficient (Wildman–Crippen LogP) is 2.22. The Morgan fingerprint density at radius 1 is 1.42 bits per heavy atom. The van der Waals surface area contributed by atoms with Crippen molar-refractivity contribution in [2.24, 2.45) is 16.3 Å². The molecule has 19 heavy (non-hydrogen) atoms. The van der Waals surface area contributed by atoms with Gasteiger partial charge >= 0.3 is 0 Å². The number of benzene rings is 1. The van der Waals surface area contributed by atoms with Crippen molar-refractivity contribution in [3.05, 3.63) is 35.4 Å². The van der Waals surface area contributed by atoms with Gasteiger partial charge < -0.3 is 16.3 Å². The lowest BCUT2D eigenvalue weighted by molar-refractivity contribution is 0.305. The van der Waals surface area contributed by atoms with E-state index in [0.717, 1.165) is 18.2 Å². The number of oxime groups is 1. The Labute approximate surface area is 111 Å². The number of amidine groups is 1. The molecule has 0 heterocycles. The molecule has 0 radical (unpaired) electrons. The van der Waals surface area contributed by atoms with E-state index < -0.39 is 17.0 Å². The predicted molar refractivity (Wildman–Crippen MR) is 69.9 cm³/mol. The van der Waals surface area contributed by atoms with Gasteiger partial charge in [0.05, 0.1) is 0 Å². The zero-order chi connectivity index (χ0) is 14.5. The minimum atomic E-state index is -0.463. The highest BCUT2D eigenvalue weighted by Crippen LogP contribution is 2.19. The number of nitrogens with one attached hydrogen (secondary N) is 1. The van der Waals surface area contributed by atoms with Crippen LogP contribution < -0.4 is 11.1 Å². The molecule has 0 aliphatic carbocycles. The third-order valence-electron chi connectivity index (χ3n) is 3.05. The van der Waals surface area contributed by atoms with Crippen molar-refractivity contribution in [3.63, 3.8) is 0 Å². The van der Waals surface area contributed by atoms with Crippen LogP contribution in [0.2, 0.25) is 0 Å². The Morgan fingerprint density at radius 3 is 2.74 bits per heavy atom. The van der Waals surface area contributed by atoms with Gasteiger partial charge in [-0.25, -0.2) is 8.78 Å². The van der Waals surface area contributed by atoms with Gasteiger partial charge in [0.1, 0.15) is 17.5 Å². The maximum Gasteiger partial charge on any atom is 0.144 e. The molecule has 0 saturated heterocycles. The van der Waals surface area contributed by atoms with Crippen LogP contribution in [0.4, 0.5) is 8.78 Å². The van der Waals surface area contributed by atoms with Crippen LogP contribution in [-0.4, -0.2) is 17.6 Å². The molecule has 0 aliphatic rings. The summed E-state index contributed by atoms with van der Waals surface area (Å²) in [5, 5.41) is 14.6. The van der Waals surface area contributed by atoms with E-state index in [-0.39, 0.29) is 17.9 Å². The van der Waals surface area contributed by atoms with Crippen LogP contribution >= 0.6 is 0 Å². The third kappa shape index (κ3) is 4.48. The van der Waals surface area contributed by atoms with Crippen molar-refractivity contribution in [1.29, 1.82) is 0 Å². The van der Waals surface area contributed by atoms with Gasteiger partial charge in [-0.15, -0.1) is 0 Å². The van der Waals surface area contributed by atoms with Gasteiger partial charge in [-0.3, -0.25) is 0 Å². The number of halogens is 2. The van der Waals surface area contributed by atoms with Crippen molar-refractivity contribution < 1.29 is 14.0 Å². The molecule has 0 aromatic heterocycles. The number of nitrogens with zero attached hydrogens (tertiary/aromatic N) is 1. The quantitative estimate of drug-likeness (QED) is 0.244. The van der Waals surface area contributed by atoms with Crippen LogP contribution in [0, 0.1) is 17.0 Å². The second-order valence-corrected chi connectivity index (χ2v) is 5.03. The summed E-state index contributed by atoms with van der Waals surface area (Å²) in [4.78, 5) is 0. The van der Waals surface area contributed by atoms with Crippen LogP contribution in [0.5, 0.6) is 0 Å². The molecule has 4 N–H and O–H groups in total. The summed E-state index contributed by atoms with van der Waals surface area (Å²) in [7, 11) is 0. The first-order valence-electron chi connectivity index (χ1n) is 5.99. The Bertz CT molecular complexity index is 461. The molecule has 4 nitrogen and oxygen atoms in total. The minimum Gasteiger partial charge on any atom is -0.409 e. The molecule has 0 bridgehead atoms. The molecule has 0 aliphatic heterocycles. The SMILES string of the molecule is CC(C)(CCNCc1cc(F)ccc1F)C(N)=NO. The maximum atomic E-state index is 13.3. The number of rotatable bonds is 6. The standard InChI is InChI=1S/C13H19F2N3O/c1-13(2,12(16)18-19)5-6-17-8-9-7-10(14)3-4-11(9)15/h3-4,7,17,19H,5-6,8H2,1-2H3,(H2,16,18). The summed E-state index contributed by atoms with van der Waals surface area (Å²) in [6, 6.07) is 3.35. The fraction of sp³-hybridized carbons (Fsp3) is 0.462. The van der Waals surface area contributed by atoms with Crippen molar-refractivity contribution in [3.8, 4) is 0 Å². The van der Waals surface area contributed by atoms with Gasteiger partial charge in [0.25, 0.3) is 0 Å². The Morgan fingerprint density at radius 2 is 2.11 bits per heavy atom. The largest absolute Gasteiger partial charge is 0.409 e. The van der Waals surface area contributed by atoms with Crippen LogP contribution in [0.3, 0.4) is 0 Å². The van der Waals surface area contributed by atoms with E-state index in [9.17, 15) is 8.78 Å². The third-order valence-corrected chi connectivity index (χ3v) is 3.05. The second kappa shape index (κ2) is 6.47. The first-order chi connectivity index (χ1) is 8.86. The van der Waals surface area contributed by atoms with E-state index in [2.05, 4.69) is 10.5 Å². The molecule has 0 atom stereocenters. The van der Waals surface area contributed by atoms with Crippen molar-refractivity contribution in [1.82, 2.24) is 5.32 Å². The van der Waals surface area contributed by atoms with Gasteiger partial charge in [0.15, 0.2) is 0 Å². The minimum absolute atomic E-state index is 0.145. The Balaban J connectivity index is 2.45. The molecule has 0 unspecified atom stereocenters. The molecular weight excluding hydrogens is 252 g/mol. The van der Waals surface area contributed by atoms with Crippen LogP contribution in [0.25, 0.3) is 0 Å². The monoisotopic (exact) mass is 271 g/mol. The number of hydrogen-bond acceptors (Lipinski definition) is 3. The van der Waals surface area contributed by atoms with E-state index in [0.29, 0.717) is 13.0 Å². The fourth-order valence-corrected chi connectivity index (χ4v) is 1.57. The lowest BCUT2D eigenvalue weighted by atomic mass is 9.88. The highest BCUT2D eigenvalue weighted by atomic mass is 19.1. The maximum absolute atomic E-state index is 13.3. The summed E-state index contributed by atoms with van der Waals surface area (Å²) in [5.41, 5.74) is 5.37. The summed E-state index contributed by atoms with van der Waals surface area (Å²) < 4.78 is 26.3. The zero-order valence-electron chi connectivity index (χ0n) is 11.1. The number of nitrogens with two attached hydrogens (primary N) is 1. The van der Waals surface area contributed by atoms with Crippen molar-refractivity contribution in [2.75, 3.05) is 6.54 Å². The lowest BCUT2D eigenvalue weighted by Crippen LogP contribution is -2.34. The zero-order valence-corrected chi connectivity index (χ0v) is 11.1. The van der Waals surface area contributed by atoms with Gasteiger partial charge in [0.2, 0.25) is 0 Å². The molecular formula is C13H19F2N3O. The number of hydrogen-bond donors (Lipinski definition) is 3. The van der Waals surface area contributed by atoms with Crippen LogP contribution in [-0.2, 0) is 6.54 Å². The van der Waals surface area contributed by atoms with Gasteiger partial charge in [0, 0.05) is 17.5 Å². The summed E-state index contributed by atoms with van der Waals surface area (Å²) in [5.74, 6) is -0.758. The average Bonchev–Trinajstić information content (AvgIpc) is 2.37. The topological polar surface area (TPSA) is 70.6 Å². The highest BCUT2D eigenvalue weighted by Gasteiger charge is 2.22.